The molecule has 0 aliphatic rings. The molecule has 0 saturated heterocycles. The molecule has 1 atom stereocenters. The normalized spacial score (nSPS) is 11.8. The Kier molecular flexibility index (Phi) is 4.56. The summed E-state index contributed by atoms with van der Waals surface area (Å²) >= 11 is 0. The Balaban J connectivity index is 1.68. The molecular weight excluding hydrogens is 302 g/mol. The van der Waals surface area contributed by atoms with Gasteiger partial charge in [0, 0.05) is 30.0 Å². The van der Waals surface area contributed by atoms with Gasteiger partial charge in [-0.05, 0) is 55.8 Å². The first kappa shape index (κ1) is 15.7. The molecule has 0 saturated carbocycles. The van der Waals surface area contributed by atoms with E-state index in [9.17, 15) is 4.79 Å². The summed E-state index contributed by atoms with van der Waals surface area (Å²) in [6, 6.07) is 12.9. The third-order valence-electron chi connectivity index (χ3n) is 3.73. The number of pyridine rings is 1. The standard InChI is InChI=1S/C18H19N5O/c1-13-6-11-20-23(13)17-5-3-4-16(12-17)22-18(24)21-14(2)15-7-9-19-10-8-15/h3-12,14H,1-2H3,(H2,21,22,24)/t14-/m1/s1. The molecule has 24 heavy (non-hydrogen) atoms. The predicted octanol–water partition coefficient (Wildman–Crippen LogP) is 3.46. The van der Waals surface area contributed by atoms with Crippen LogP contribution in [0.15, 0.2) is 61.1 Å². The third-order valence-corrected chi connectivity index (χ3v) is 3.73. The summed E-state index contributed by atoms with van der Waals surface area (Å²) < 4.78 is 1.82. The average molecular weight is 321 g/mol. The number of amides is 2. The lowest BCUT2D eigenvalue weighted by Crippen LogP contribution is -2.31. The third kappa shape index (κ3) is 3.60. The molecule has 1 aromatic carbocycles. The fraction of sp³-hybridized carbons (Fsp3) is 0.167. The van der Waals surface area contributed by atoms with E-state index in [2.05, 4.69) is 20.7 Å². The summed E-state index contributed by atoms with van der Waals surface area (Å²) in [6.45, 7) is 3.91. The van der Waals surface area contributed by atoms with Crippen molar-refractivity contribution < 1.29 is 4.79 Å². The number of aromatic nitrogens is 3. The largest absolute Gasteiger partial charge is 0.331 e. The molecule has 0 aliphatic carbocycles. The maximum absolute atomic E-state index is 12.2. The second-order valence-electron chi connectivity index (χ2n) is 5.54. The van der Waals surface area contributed by atoms with Crippen molar-refractivity contribution in [3.8, 4) is 5.69 Å². The van der Waals surface area contributed by atoms with Crippen molar-refractivity contribution in [1.29, 1.82) is 0 Å². The molecule has 6 nitrogen and oxygen atoms in total. The second kappa shape index (κ2) is 6.95. The number of carbonyl (C=O) groups excluding carboxylic acids is 1. The lowest BCUT2D eigenvalue weighted by Gasteiger charge is -2.15. The number of nitrogens with zero attached hydrogens (tertiary/aromatic N) is 3. The van der Waals surface area contributed by atoms with Gasteiger partial charge in [0.1, 0.15) is 0 Å². The second-order valence-corrected chi connectivity index (χ2v) is 5.54. The van der Waals surface area contributed by atoms with E-state index in [4.69, 9.17) is 0 Å². The van der Waals surface area contributed by atoms with Gasteiger partial charge in [-0.15, -0.1) is 0 Å². The highest BCUT2D eigenvalue weighted by Gasteiger charge is 2.10. The van der Waals surface area contributed by atoms with Crippen LogP contribution in [-0.4, -0.2) is 20.8 Å². The van der Waals surface area contributed by atoms with E-state index in [1.54, 1.807) is 18.6 Å². The van der Waals surface area contributed by atoms with Gasteiger partial charge in [-0.2, -0.15) is 5.10 Å². The zero-order valence-corrected chi connectivity index (χ0v) is 13.6. The van der Waals surface area contributed by atoms with Crippen molar-refractivity contribution in [3.05, 3.63) is 72.3 Å². The summed E-state index contributed by atoms with van der Waals surface area (Å²) in [4.78, 5) is 16.2. The van der Waals surface area contributed by atoms with Crippen LogP contribution in [0.25, 0.3) is 5.69 Å². The molecule has 2 amide bonds. The first-order valence-electron chi connectivity index (χ1n) is 7.72. The van der Waals surface area contributed by atoms with Gasteiger partial charge >= 0.3 is 6.03 Å². The average Bonchev–Trinajstić information content (AvgIpc) is 3.02. The summed E-state index contributed by atoms with van der Waals surface area (Å²) in [6.07, 6.45) is 5.17. The molecule has 2 heterocycles. The van der Waals surface area contributed by atoms with Crippen LogP contribution in [0, 0.1) is 6.92 Å². The van der Waals surface area contributed by atoms with Crippen LogP contribution in [-0.2, 0) is 0 Å². The summed E-state index contributed by atoms with van der Waals surface area (Å²) in [5.74, 6) is 0. The minimum Gasteiger partial charge on any atom is -0.331 e. The molecule has 6 heteroatoms. The summed E-state index contributed by atoms with van der Waals surface area (Å²) in [5.41, 5.74) is 3.64. The highest BCUT2D eigenvalue weighted by molar-refractivity contribution is 5.89. The van der Waals surface area contributed by atoms with Crippen molar-refractivity contribution in [1.82, 2.24) is 20.1 Å². The van der Waals surface area contributed by atoms with E-state index < -0.39 is 0 Å². The molecule has 122 valence electrons. The van der Waals surface area contributed by atoms with Crippen molar-refractivity contribution in [2.24, 2.45) is 0 Å². The molecule has 0 unspecified atom stereocenters. The van der Waals surface area contributed by atoms with Gasteiger partial charge in [0.15, 0.2) is 0 Å². The number of hydrogen-bond donors (Lipinski definition) is 2. The molecule has 2 aromatic heterocycles. The van der Waals surface area contributed by atoms with Crippen LogP contribution in [0.4, 0.5) is 10.5 Å². The van der Waals surface area contributed by atoms with Gasteiger partial charge in [0.25, 0.3) is 0 Å². The Bertz CT molecular complexity index is 828. The number of benzene rings is 1. The van der Waals surface area contributed by atoms with Gasteiger partial charge in [-0.1, -0.05) is 6.07 Å². The molecule has 3 rings (SSSR count). The number of anilines is 1. The Morgan fingerprint density at radius 2 is 1.92 bits per heavy atom. The summed E-state index contributed by atoms with van der Waals surface area (Å²) in [5, 5.41) is 10.0. The van der Waals surface area contributed by atoms with E-state index in [-0.39, 0.29) is 12.1 Å². The Hall–Kier alpha value is -3.15. The van der Waals surface area contributed by atoms with Crippen LogP contribution in [0.3, 0.4) is 0 Å². The maximum Gasteiger partial charge on any atom is 0.319 e. The van der Waals surface area contributed by atoms with E-state index in [1.165, 1.54) is 0 Å². The lowest BCUT2D eigenvalue weighted by atomic mass is 10.1. The summed E-state index contributed by atoms with van der Waals surface area (Å²) in [7, 11) is 0. The minimum absolute atomic E-state index is 0.107. The predicted molar refractivity (Wildman–Crippen MR) is 93.1 cm³/mol. The maximum atomic E-state index is 12.2. The number of nitrogens with one attached hydrogen (secondary N) is 2. The monoisotopic (exact) mass is 321 g/mol. The lowest BCUT2D eigenvalue weighted by molar-refractivity contribution is 0.249. The first-order valence-corrected chi connectivity index (χ1v) is 7.72. The fourth-order valence-electron chi connectivity index (χ4n) is 2.45. The van der Waals surface area contributed by atoms with Crippen molar-refractivity contribution in [3.63, 3.8) is 0 Å². The Morgan fingerprint density at radius 3 is 2.62 bits per heavy atom. The quantitative estimate of drug-likeness (QED) is 0.773. The van der Waals surface area contributed by atoms with E-state index in [0.29, 0.717) is 5.69 Å². The van der Waals surface area contributed by atoms with Crippen LogP contribution in [0.5, 0.6) is 0 Å². The van der Waals surface area contributed by atoms with Crippen LogP contribution >= 0.6 is 0 Å². The molecule has 0 bridgehead atoms. The van der Waals surface area contributed by atoms with Gasteiger partial charge in [-0.3, -0.25) is 4.98 Å². The highest BCUT2D eigenvalue weighted by Crippen LogP contribution is 2.16. The number of hydrogen-bond acceptors (Lipinski definition) is 3. The van der Waals surface area contributed by atoms with Crippen LogP contribution in [0.1, 0.15) is 24.2 Å². The molecule has 3 aromatic rings. The number of rotatable bonds is 4. The van der Waals surface area contributed by atoms with Gasteiger partial charge < -0.3 is 10.6 Å². The smallest absolute Gasteiger partial charge is 0.319 e. The van der Waals surface area contributed by atoms with Crippen molar-refractivity contribution >= 4 is 11.7 Å². The molecular formula is C18H19N5O. The van der Waals surface area contributed by atoms with E-state index in [1.807, 2.05) is 61.0 Å². The van der Waals surface area contributed by atoms with E-state index in [0.717, 1.165) is 16.9 Å². The highest BCUT2D eigenvalue weighted by atomic mass is 16.2. The number of urea groups is 1. The Morgan fingerprint density at radius 1 is 1.12 bits per heavy atom. The SMILES string of the molecule is Cc1ccnn1-c1cccc(NC(=O)N[C@H](C)c2ccncc2)c1. The zero-order chi connectivity index (χ0) is 16.9. The van der Waals surface area contributed by atoms with E-state index >= 15 is 0 Å². The zero-order valence-electron chi connectivity index (χ0n) is 13.6. The number of carbonyl (C=O) groups is 1. The molecule has 0 spiro atoms. The molecule has 0 radical (unpaired) electrons. The van der Waals surface area contributed by atoms with Crippen LogP contribution in [0.2, 0.25) is 0 Å². The molecule has 0 aliphatic heterocycles. The molecule has 0 fully saturated rings. The Labute approximate surface area is 140 Å². The minimum atomic E-state index is -0.256. The van der Waals surface area contributed by atoms with Gasteiger partial charge in [0.2, 0.25) is 0 Å². The van der Waals surface area contributed by atoms with Crippen LogP contribution < -0.4 is 10.6 Å². The van der Waals surface area contributed by atoms with Crippen molar-refractivity contribution in [2.45, 2.75) is 19.9 Å². The first-order chi connectivity index (χ1) is 11.6. The molecule has 2 N–H and O–H groups in total. The van der Waals surface area contributed by atoms with Gasteiger partial charge in [0.05, 0.1) is 11.7 Å². The fourth-order valence-corrected chi connectivity index (χ4v) is 2.45. The number of aryl methyl sites for hydroxylation is 1. The van der Waals surface area contributed by atoms with Crippen molar-refractivity contribution in [2.75, 3.05) is 5.32 Å². The van der Waals surface area contributed by atoms with Gasteiger partial charge in [-0.25, -0.2) is 9.48 Å². The topological polar surface area (TPSA) is 71.8 Å².